The molecule has 0 radical (unpaired) electrons. The molecule has 2 nitrogen and oxygen atoms in total. The second kappa shape index (κ2) is 5.39. The molecule has 6 bridgehead atoms. The molecule has 6 aliphatic rings. The summed E-state index contributed by atoms with van der Waals surface area (Å²) >= 11 is 0. The smallest absolute Gasteiger partial charge is 0.333 e. The summed E-state index contributed by atoms with van der Waals surface area (Å²) in [6, 6.07) is 0. The first-order valence-corrected chi connectivity index (χ1v) is 11.1. The van der Waals surface area contributed by atoms with Gasteiger partial charge in [0, 0.05) is 11.0 Å². The van der Waals surface area contributed by atoms with Crippen LogP contribution in [0.25, 0.3) is 0 Å². The van der Waals surface area contributed by atoms with E-state index < -0.39 is 0 Å². The second-order valence-corrected chi connectivity index (χ2v) is 11.6. The number of allylic oxidation sites excluding steroid dienone is 1. The van der Waals surface area contributed by atoms with Crippen molar-refractivity contribution >= 4 is 5.97 Å². The zero-order chi connectivity index (χ0) is 18.3. The van der Waals surface area contributed by atoms with Crippen LogP contribution in [0.15, 0.2) is 11.6 Å². The highest BCUT2D eigenvalue weighted by atomic mass is 16.5. The van der Waals surface area contributed by atoms with E-state index in [0.29, 0.717) is 10.8 Å². The van der Waals surface area contributed by atoms with E-state index in [1.807, 2.05) is 6.92 Å². The van der Waals surface area contributed by atoms with Gasteiger partial charge < -0.3 is 4.74 Å². The molecule has 0 N–H and O–H groups in total. The maximum Gasteiger partial charge on any atom is 0.333 e. The van der Waals surface area contributed by atoms with Crippen LogP contribution in [0.2, 0.25) is 0 Å². The van der Waals surface area contributed by atoms with Gasteiger partial charge in [-0.25, -0.2) is 4.79 Å². The number of hydrogen-bond donors (Lipinski definition) is 0. The average molecular weight is 357 g/mol. The van der Waals surface area contributed by atoms with E-state index in [2.05, 4.69) is 26.8 Å². The Balaban J connectivity index is 1.31. The van der Waals surface area contributed by atoms with Gasteiger partial charge in [-0.1, -0.05) is 26.8 Å². The first-order valence-electron chi connectivity index (χ1n) is 11.1. The Bertz CT molecular complexity index is 622. The third kappa shape index (κ3) is 2.32. The van der Waals surface area contributed by atoms with Gasteiger partial charge in [-0.3, -0.25) is 0 Å². The molecule has 0 aromatic rings. The van der Waals surface area contributed by atoms with Crippen molar-refractivity contribution in [3.8, 4) is 0 Å². The zero-order valence-corrected chi connectivity index (χ0v) is 17.1. The van der Waals surface area contributed by atoms with E-state index in [-0.39, 0.29) is 17.5 Å². The highest BCUT2D eigenvalue weighted by Crippen LogP contribution is 2.66. The first kappa shape index (κ1) is 17.3. The Morgan fingerprint density at radius 1 is 0.962 bits per heavy atom. The lowest BCUT2D eigenvalue weighted by Crippen LogP contribution is -2.45. The number of ether oxygens (including phenoxy) is 1. The van der Waals surface area contributed by atoms with Gasteiger partial charge in [0.15, 0.2) is 0 Å². The van der Waals surface area contributed by atoms with Crippen LogP contribution in [0.4, 0.5) is 0 Å². The van der Waals surface area contributed by atoms with Crippen LogP contribution in [0.3, 0.4) is 0 Å². The molecule has 0 aromatic carbocycles. The van der Waals surface area contributed by atoms with Crippen molar-refractivity contribution in [1.82, 2.24) is 0 Å². The van der Waals surface area contributed by atoms with Crippen molar-refractivity contribution in [2.24, 2.45) is 39.9 Å². The number of carbonyl (C=O) groups excluding carboxylic acids is 1. The fourth-order valence-corrected chi connectivity index (χ4v) is 8.40. The molecule has 0 heterocycles. The van der Waals surface area contributed by atoms with E-state index in [9.17, 15) is 4.79 Å². The van der Waals surface area contributed by atoms with Crippen molar-refractivity contribution in [3.05, 3.63) is 11.6 Å². The average Bonchev–Trinajstić information content (AvgIpc) is 2.86. The Morgan fingerprint density at radius 2 is 1.54 bits per heavy atom. The lowest BCUT2D eigenvalue weighted by atomic mass is 9.49. The maximum atomic E-state index is 13.0. The van der Waals surface area contributed by atoms with Crippen molar-refractivity contribution in [2.45, 2.75) is 91.6 Å². The van der Waals surface area contributed by atoms with Gasteiger partial charge in [0.25, 0.3) is 0 Å². The van der Waals surface area contributed by atoms with Crippen LogP contribution in [0.1, 0.15) is 85.5 Å². The standard InChI is InChI=1S/C24H36O2/c1-15(11-24-12-16-7-17(13-24)9-18(8-16)14-24)21(25)26-20-10-19-5-6-23(20,4)22(19,2)3/h11,16-20H,5-10,12-14H2,1-4H3/t16?,17?,18?,19-,20?,23-,24?/m1/s1. The van der Waals surface area contributed by atoms with Crippen molar-refractivity contribution in [1.29, 1.82) is 0 Å². The largest absolute Gasteiger partial charge is 0.458 e. The topological polar surface area (TPSA) is 26.3 Å². The van der Waals surface area contributed by atoms with Crippen LogP contribution in [0, 0.1) is 39.9 Å². The monoisotopic (exact) mass is 356 g/mol. The summed E-state index contributed by atoms with van der Waals surface area (Å²) in [6.07, 6.45) is 14.4. The van der Waals surface area contributed by atoms with Crippen LogP contribution < -0.4 is 0 Å². The van der Waals surface area contributed by atoms with E-state index in [0.717, 1.165) is 35.7 Å². The minimum absolute atomic E-state index is 0.0321. The molecule has 0 amide bonds. The van der Waals surface area contributed by atoms with E-state index >= 15 is 0 Å². The summed E-state index contributed by atoms with van der Waals surface area (Å²) in [6.45, 7) is 9.14. The van der Waals surface area contributed by atoms with Gasteiger partial charge in [-0.15, -0.1) is 0 Å². The highest BCUT2D eigenvalue weighted by molar-refractivity contribution is 5.88. The molecule has 26 heavy (non-hydrogen) atoms. The molecule has 6 saturated carbocycles. The van der Waals surface area contributed by atoms with Gasteiger partial charge in [-0.2, -0.15) is 0 Å². The summed E-state index contributed by atoms with van der Waals surface area (Å²) in [7, 11) is 0. The summed E-state index contributed by atoms with van der Waals surface area (Å²) in [5.74, 6) is 3.46. The van der Waals surface area contributed by atoms with Crippen LogP contribution in [-0.2, 0) is 9.53 Å². The molecule has 1 unspecified atom stereocenters. The van der Waals surface area contributed by atoms with Crippen LogP contribution >= 0.6 is 0 Å². The lowest BCUT2D eigenvalue weighted by molar-refractivity contribution is -0.152. The van der Waals surface area contributed by atoms with Crippen LogP contribution in [0.5, 0.6) is 0 Å². The van der Waals surface area contributed by atoms with E-state index in [1.165, 1.54) is 51.4 Å². The minimum Gasteiger partial charge on any atom is -0.458 e. The number of hydrogen-bond acceptors (Lipinski definition) is 2. The highest BCUT2D eigenvalue weighted by Gasteiger charge is 2.63. The summed E-state index contributed by atoms with van der Waals surface area (Å²) in [4.78, 5) is 13.0. The quantitative estimate of drug-likeness (QED) is 0.464. The summed E-state index contributed by atoms with van der Waals surface area (Å²) in [5, 5.41) is 0. The third-order valence-electron chi connectivity index (χ3n) is 9.89. The Kier molecular flexibility index (Phi) is 3.59. The minimum atomic E-state index is -0.0321. The van der Waals surface area contributed by atoms with Crippen molar-refractivity contribution in [3.63, 3.8) is 0 Å². The Hall–Kier alpha value is -0.790. The molecule has 0 saturated heterocycles. The predicted molar refractivity (Wildman–Crippen MR) is 103 cm³/mol. The summed E-state index contributed by atoms with van der Waals surface area (Å²) < 4.78 is 6.15. The lowest BCUT2D eigenvalue weighted by Gasteiger charge is -2.56. The normalized spacial score (nSPS) is 51.1. The van der Waals surface area contributed by atoms with E-state index in [1.54, 1.807) is 0 Å². The van der Waals surface area contributed by atoms with Gasteiger partial charge in [0.2, 0.25) is 0 Å². The molecule has 6 aliphatic carbocycles. The van der Waals surface area contributed by atoms with Crippen molar-refractivity contribution < 1.29 is 9.53 Å². The molecule has 0 spiro atoms. The third-order valence-corrected chi connectivity index (χ3v) is 9.89. The molecule has 0 aromatic heterocycles. The van der Waals surface area contributed by atoms with Gasteiger partial charge in [0.05, 0.1) is 0 Å². The summed E-state index contributed by atoms with van der Waals surface area (Å²) in [5.41, 5.74) is 1.66. The Labute approximate surface area is 159 Å². The molecule has 6 rings (SSSR count). The number of fused-ring (bicyclic) bond motifs is 2. The number of carbonyl (C=O) groups is 1. The van der Waals surface area contributed by atoms with Gasteiger partial charge in [-0.05, 0) is 99.2 Å². The molecule has 0 aliphatic heterocycles. The maximum absolute atomic E-state index is 13.0. The van der Waals surface area contributed by atoms with Crippen LogP contribution in [-0.4, -0.2) is 12.1 Å². The fourth-order valence-electron chi connectivity index (χ4n) is 8.40. The molecular weight excluding hydrogens is 320 g/mol. The molecular formula is C24H36O2. The Morgan fingerprint density at radius 3 is 2.00 bits per heavy atom. The van der Waals surface area contributed by atoms with Gasteiger partial charge >= 0.3 is 5.97 Å². The first-order chi connectivity index (χ1) is 12.2. The number of esters is 1. The van der Waals surface area contributed by atoms with Crippen molar-refractivity contribution in [2.75, 3.05) is 0 Å². The molecule has 2 heteroatoms. The van der Waals surface area contributed by atoms with E-state index in [4.69, 9.17) is 4.74 Å². The molecule has 3 atom stereocenters. The number of rotatable bonds is 3. The fraction of sp³-hybridized carbons (Fsp3) is 0.875. The molecule has 144 valence electrons. The second-order valence-electron chi connectivity index (χ2n) is 11.6. The van der Waals surface area contributed by atoms with Gasteiger partial charge in [0.1, 0.15) is 6.10 Å². The zero-order valence-electron chi connectivity index (χ0n) is 17.1. The predicted octanol–water partition coefficient (Wildman–Crippen LogP) is 5.91. The molecule has 6 fully saturated rings. The SMILES string of the molecule is CC(=CC12CC3CC(CC(C3)C1)C2)C(=O)OC1C[C@H]2CC[C@@]1(C)C2(C)C.